The average Bonchev–Trinajstić information content (AvgIpc) is 3.35. The number of hydrogen-bond donors (Lipinski definition) is 0. The van der Waals surface area contributed by atoms with Crippen LogP contribution in [-0.4, -0.2) is 46.7 Å². The van der Waals surface area contributed by atoms with Gasteiger partial charge < -0.3 is 9.80 Å². The lowest BCUT2D eigenvalue weighted by Gasteiger charge is -2.27. The van der Waals surface area contributed by atoms with Crippen molar-refractivity contribution in [2.24, 2.45) is 11.8 Å². The van der Waals surface area contributed by atoms with Crippen LogP contribution in [0.1, 0.15) is 37.8 Å². The normalized spacial score (nSPS) is 21.3. The molecule has 134 valence electrons. The molecule has 1 aliphatic carbocycles. The number of carbonyl (C=O) groups is 2. The first kappa shape index (κ1) is 17.4. The van der Waals surface area contributed by atoms with Gasteiger partial charge in [-0.25, -0.2) is 0 Å². The van der Waals surface area contributed by atoms with Crippen LogP contribution in [-0.2, 0) is 9.59 Å². The van der Waals surface area contributed by atoms with E-state index in [4.69, 9.17) is 0 Å². The van der Waals surface area contributed by atoms with Gasteiger partial charge >= 0.3 is 0 Å². The lowest BCUT2D eigenvalue weighted by atomic mass is 10.0. The number of nitro benzene ring substituents is 1. The zero-order valence-electron chi connectivity index (χ0n) is 14.6. The molecule has 0 bridgehead atoms. The summed E-state index contributed by atoms with van der Waals surface area (Å²) >= 11 is 0. The van der Waals surface area contributed by atoms with Crippen LogP contribution in [0, 0.1) is 22.0 Å². The Morgan fingerprint density at radius 2 is 2.16 bits per heavy atom. The SMILES string of the molecule is C[C@@H](c1cccc([N+](=O)[O-])c1)N(C)C(=O)[C@H]1CC(=O)N(CC2CC2)C1. The fourth-order valence-corrected chi connectivity index (χ4v) is 3.33. The molecular formula is C18H23N3O4. The number of likely N-dealkylation sites (tertiary alicyclic amines) is 1. The van der Waals surface area contributed by atoms with Gasteiger partial charge in [0.15, 0.2) is 0 Å². The predicted octanol–water partition coefficient (Wildman–Crippen LogP) is 2.37. The zero-order valence-corrected chi connectivity index (χ0v) is 14.6. The topological polar surface area (TPSA) is 83.8 Å². The quantitative estimate of drug-likeness (QED) is 0.585. The highest BCUT2D eigenvalue weighted by molar-refractivity contribution is 5.89. The van der Waals surface area contributed by atoms with E-state index in [1.807, 2.05) is 11.8 Å². The van der Waals surface area contributed by atoms with E-state index in [1.54, 1.807) is 24.1 Å². The van der Waals surface area contributed by atoms with E-state index < -0.39 is 4.92 Å². The second kappa shape index (κ2) is 6.82. The third kappa shape index (κ3) is 3.81. The first-order chi connectivity index (χ1) is 11.9. The van der Waals surface area contributed by atoms with Crippen molar-refractivity contribution in [1.82, 2.24) is 9.80 Å². The third-order valence-electron chi connectivity index (χ3n) is 5.23. The van der Waals surface area contributed by atoms with E-state index >= 15 is 0 Å². The Morgan fingerprint density at radius 1 is 1.44 bits per heavy atom. The van der Waals surface area contributed by atoms with Crippen molar-refractivity contribution in [2.45, 2.75) is 32.2 Å². The molecule has 1 heterocycles. The van der Waals surface area contributed by atoms with Crippen molar-refractivity contribution in [1.29, 1.82) is 0 Å². The molecule has 2 aliphatic rings. The molecule has 1 saturated heterocycles. The van der Waals surface area contributed by atoms with Crippen molar-refractivity contribution < 1.29 is 14.5 Å². The van der Waals surface area contributed by atoms with E-state index in [0.29, 0.717) is 18.0 Å². The van der Waals surface area contributed by atoms with Crippen molar-refractivity contribution in [3.63, 3.8) is 0 Å². The minimum absolute atomic E-state index is 0.0110. The van der Waals surface area contributed by atoms with Crippen LogP contribution >= 0.6 is 0 Å². The number of non-ortho nitro benzene ring substituents is 1. The van der Waals surface area contributed by atoms with Gasteiger partial charge in [-0.1, -0.05) is 12.1 Å². The monoisotopic (exact) mass is 345 g/mol. The fraction of sp³-hybridized carbons (Fsp3) is 0.556. The Bertz CT molecular complexity index is 701. The first-order valence-electron chi connectivity index (χ1n) is 8.65. The Hall–Kier alpha value is -2.44. The molecule has 1 aromatic rings. The highest BCUT2D eigenvalue weighted by atomic mass is 16.6. The van der Waals surface area contributed by atoms with Gasteiger partial charge in [-0.2, -0.15) is 0 Å². The molecule has 0 radical (unpaired) electrons. The number of rotatable bonds is 6. The van der Waals surface area contributed by atoms with Crippen molar-refractivity contribution in [3.8, 4) is 0 Å². The molecule has 1 saturated carbocycles. The molecule has 3 rings (SSSR count). The highest BCUT2D eigenvalue weighted by Crippen LogP contribution is 2.33. The Labute approximate surface area is 146 Å². The molecule has 25 heavy (non-hydrogen) atoms. The van der Waals surface area contributed by atoms with Crippen LogP contribution in [0.4, 0.5) is 5.69 Å². The van der Waals surface area contributed by atoms with E-state index in [2.05, 4.69) is 0 Å². The molecule has 2 fully saturated rings. The lowest BCUT2D eigenvalue weighted by molar-refractivity contribution is -0.384. The summed E-state index contributed by atoms with van der Waals surface area (Å²) < 4.78 is 0. The summed E-state index contributed by atoms with van der Waals surface area (Å²) in [4.78, 5) is 38.8. The van der Waals surface area contributed by atoms with Gasteiger partial charge in [-0.3, -0.25) is 19.7 Å². The maximum Gasteiger partial charge on any atom is 0.269 e. The number of carbonyl (C=O) groups excluding carboxylic acids is 2. The zero-order chi connectivity index (χ0) is 18.1. The van der Waals surface area contributed by atoms with Crippen LogP contribution < -0.4 is 0 Å². The summed E-state index contributed by atoms with van der Waals surface area (Å²) in [5.74, 6) is 0.268. The van der Waals surface area contributed by atoms with E-state index in [1.165, 1.54) is 25.0 Å². The number of nitro groups is 1. The van der Waals surface area contributed by atoms with Crippen molar-refractivity contribution in [2.75, 3.05) is 20.1 Å². The van der Waals surface area contributed by atoms with E-state index in [-0.39, 0.29) is 35.9 Å². The van der Waals surface area contributed by atoms with Gasteiger partial charge in [0, 0.05) is 38.7 Å². The molecular weight excluding hydrogens is 322 g/mol. The maximum atomic E-state index is 12.8. The molecule has 2 atom stereocenters. The molecule has 0 spiro atoms. The summed E-state index contributed by atoms with van der Waals surface area (Å²) in [5, 5.41) is 10.9. The summed E-state index contributed by atoms with van der Waals surface area (Å²) in [7, 11) is 1.69. The number of amides is 2. The van der Waals surface area contributed by atoms with Gasteiger partial charge in [0.1, 0.15) is 0 Å². The lowest BCUT2D eigenvalue weighted by Crippen LogP contribution is -2.36. The first-order valence-corrected chi connectivity index (χ1v) is 8.65. The molecule has 0 aromatic heterocycles. The third-order valence-corrected chi connectivity index (χ3v) is 5.23. The Morgan fingerprint density at radius 3 is 2.80 bits per heavy atom. The fourth-order valence-electron chi connectivity index (χ4n) is 3.33. The van der Waals surface area contributed by atoms with Crippen molar-refractivity contribution >= 4 is 17.5 Å². The summed E-state index contributed by atoms with van der Waals surface area (Å²) in [6.45, 7) is 3.10. The molecule has 0 N–H and O–H groups in total. The van der Waals surface area contributed by atoms with Gasteiger partial charge in [-0.15, -0.1) is 0 Å². The molecule has 0 unspecified atom stereocenters. The van der Waals surface area contributed by atoms with Crippen LogP contribution in [0.15, 0.2) is 24.3 Å². The molecule has 1 aromatic carbocycles. The predicted molar refractivity (Wildman–Crippen MR) is 91.7 cm³/mol. The van der Waals surface area contributed by atoms with Gasteiger partial charge in [0.2, 0.25) is 11.8 Å². The number of benzene rings is 1. The minimum Gasteiger partial charge on any atom is -0.342 e. The van der Waals surface area contributed by atoms with Crippen LogP contribution in [0.25, 0.3) is 0 Å². The van der Waals surface area contributed by atoms with E-state index in [9.17, 15) is 19.7 Å². The second-order valence-corrected chi connectivity index (χ2v) is 7.12. The van der Waals surface area contributed by atoms with Gasteiger partial charge in [-0.05, 0) is 31.2 Å². The minimum atomic E-state index is -0.441. The van der Waals surface area contributed by atoms with Gasteiger partial charge in [0.25, 0.3) is 5.69 Å². The Balaban J connectivity index is 1.66. The molecule has 7 heteroatoms. The Kier molecular flexibility index (Phi) is 4.74. The standard InChI is InChI=1S/C18H23N3O4/c1-12(14-4-3-5-16(8-14)21(24)25)19(2)18(23)15-9-17(22)20(11-15)10-13-6-7-13/h3-5,8,12-13,15H,6-7,9-11H2,1-2H3/t12-,15-/m0/s1. The van der Waals surface area contributed by atoms with Crippen LogP contribution in [0.3, 0.4) is 0 Å². The van der Waals surface area contributed by atoms with Crippen LogP contribution in [0.5, 0.6) is 0 Å². The van der Waals surface area contributed by atoms with Crippen LogP contribution in [0.2, 0.25) is 0 Å². The van der Waals surface area contributed by atoms with E-state index in [0.717, 1.165) is 6.54 Å². The highest BCUT2D eigenvalue weighted by Gasteiger charge is 2.38. The van der Waals surface area contributed by atoms with Crippen molar-refractivity contribution in [3.05, 3.63) is 39.9 Å². The summed E-state index contributed by atoms with van der Waals surface area (Å²) in [6.07, 6.45) is 2.61. The second-order valence-electron chi connectivity index (χ2n) is 7.12. The average molecular weight is 345 g/mol. The number of nitrogens with zero attached hydrogens (tertiary/aromatic N) is 3. The molecule has 7 nitrogen and oxygen atoms in total. The summed E-state index contributed by atoms with van der Waals surface area (Å²) in [5.41, 5.74) is 0.723. The number of hydrogen-bond acceptors (Lipinski definition) is 4. The maximum absolute atomic E-state index is 12.8. The largest absolute Gasteiger partial charge is 0.342 e. The van der Waals surface area contributed by atoms with Gasteiger partial charge in [0.05, 0.1) is 16.9 Å². The smallest absolute Gasteiger partial charge is 0.269 e. The molecule has 2 amide bonds. The molecule has 1 aliphatic heterocycles. The summed E-state index contributed by atoms with van der Waals surface area (Å²) in [6, 6.07) is 6.04.